The predicted molar refractivity (Wildman–Crippen MR) is 112 cm³/mol. The number of nitrogens with one attached hydrogen (secondary N) is 3. The van der Waals surface area contributed by atoms with Gasteiger partial charge in [0.1, 0.15) is 0 Å². The minimum absolute atomic E-state index is 0.248. The van der Waals surface area contributed by atoms with Gasteiger partial charge in [-0.25, -0.2) is 0 Å². The third kappa shape index (κ3) is 5.34. The Balaban J connectivity index is 1.63. The molecule has 0 aliphatic rings. The molecule has 0 radical (unpaired) electrons. The molecule has 0 aliphatic heterocycles. The molecule has 8 heteroatoms. The molecule has 3 aromatic rings. The lowest BCUT2D eigenvalue weighted by molar-refractivity contribution is 0.0846. The van der Waals surface area contributed by atoms with Crippen LogP contribution in [0.4, 0.5) is 5.69 Å². The fraction of sp³-hybridized carbons (Fsp3) is 0. The average Bonchev–Trinajstić information content (AvgIpc) is 2.72. The Kier molecular flexibility index (Phi) is 6.49. The molecule has 0 aliphatic carbocycles. The van der Waals surface area contributed by atoms with Crippen molar-refractivity contribution in [3.05, 3.63) is 99.5 Å². The fourth-order valence-corrected chi connectivity index (χ4v) is 2.79. The molecule has 6 nitrogen and oxygen atoms in total. The van der Waals surface area contributed by atoms with Crippen LogP contribution in [0.1, 0.15) is 31.1 Å². The number of amides is 3. The van der Waals surface area contributed by atoms with Crippen molar-refractivity contribution in [3.8, 4) is 0 Å². The van der Waals surface area contributed by atoms with Crippen molar-refractivity contribution >= 4 is 46.6 Å². The maximum atomic E-state index is 12.3. The maximum Gasteiger partial charge on any atom is 0.269 e. The van der Waals surface area contributed by atoms with E-state index in [4.69, 9.17) is 23.2 Å². The lowest BCUT2D eigenvalue weighted by Gasteiger charge is -2.10. The van der Waals surface area contributed by atoms with Crippen LogP contribution in [0.3, 0.4) is 0 Å². The van der Waals surface area contributed by atoms with Gasteiger partial charge in [-0.15, -0.1) is 0 Å². The maximum absolute atomic E-state index is 12.3. The zero-order valence-electron chi connectivity index (χ0n) is 14.9. The Morgan fingerprint density at radius 3 is 2.00 bits per heavy atom. The molecule has 0 atom stereocenters. The Morgan fingerprint density at radius 2 is 1.31 bits per heavy atom. The van der Waals surface area contributed by atoms with Crippen LogP contribution < -0.4 is 16.2 Å². The first-order valence-electron chi connectivity index (χ1n) is 8.46. The summed E-state index contributed by atoms with van der Waals surface area (Å²) in [6.45, 7) is 0. The first-order chi connectivity index (χ1) is 13.9. The lowest BCUT2D eigenvalue weighted by atomic mass is 10.1. The lowest BCUT2D eigenvalue weighted by Crippen LogP contribution is -2.41. The number of hydrogen-bond acceptors (Lipinski definition) is 3. The number of anilines is 1. The summed E-state index contributed by atoms with van der Waals surface area (Å²) in [7, 11) is 0. The highest BCUT2D eigenvalue weighted by Gasteiger charge is 2.12. The van der Waals surface area contributed by atoms with E-state index < -0.39 is 17.7 Å². The van der Waals surface area contributed by atoms with Gasteiger partial charge in [0.25, 0.3) is 17.7 Å². The number of carbonyl (C=O) groups excluding carboxylic acids is 3. The number of rotatable bonds is 4. The number of hydrogen-bond donors (Lipinski definition) is 3. The molecule has 3 aromatic carbocycles. The van der Waals surface area contributed by atoms with E-state index in [1.54, 1.807) is 54.6 Å². The molecule has 3 amide bonds. The summed E-state index contributed by atoms with van der Waals surface area (Å²) in [5.41, 5.74) is 5.97. The van der Waals surface area contributed by atoms with Crippen LogP contribution in [0, 0.1) is 0 Å². The zero-order chi connectivity index (χ0) is 20.8. The van der Waals surface area contributed by atoms with Crippen molar-refractivity contribution in [2.24, 2.45) is 0 Å². The van der Waals surface area contributed by atoms with Crippen molar-refractivity contribution in [3.63, 3.8) is 0 Å². The Morgan fingerprint density at radius 1 is 0.655 bits per heavy atom. The van der Waals surface area contributed by atoms with Gasteiger partial charge in [-0.1, -0.05) is 41.4 Å². The molecular formula is C21H15Cl2N3O3. The third-order valence-corrected chi connectivity index (χ3v) is 4.48. The number of carbonyl (C=O) groups is 3. The molecule has 3 rings (SSSR count). The smallest absolute Gasteiger partial charge is 0.269 e. The monoisotopic (exact) mass is 427 g/mol. The molecule has 0 heterocycles. The van der Waals surface area contributed by atoms with Crippen molar-refractivity contribution in [1.82, 2.24) is 10.9 Å². The number of hydrazine groups is 1. The Hall–Kier alpha value is -3.35. The van der Waals surface area contributed by atoms with E-state index in [1.165, 1.54) is 18.2 Å². The summed E-state index contributed by atoms with van der Waals surface area (Å²) in [5.74, 6) is -1.43. The van der Waals surface area contributed by atoms with Crippen LogP contribution in [-0.2, 0) is 0 Å². The van der Waals surface area contributed by atoms with Gasteiger partial charge in [-0.05, 0) is 54.6 Å². The standard InChI is InChI=1S/C21H15Cl2N3O3/c22-15-10-8-13(9-11-15)19(27)25-26-20(28)14-4-3-5-16(12-14)24-21(29)17-6-1-2-7-18(17)23/h1-12H,(H,24,29)(H,25,27)(H,26,28). The molecule has 29 heavy (non-hydrogen) atoms. The zero-order valence-corrected chi connectivity index (χ0v) is 16.4. The topological polar surface area (TPSA) is 87.3 Å². The second-order valence-corrected chi connectivity index (χ2v) is 6.77. The summed E-state index contributed by atoms with van der Waals surface area (Å²) in [6.07, 6.45) is 0. The quantitative estimate of drug-likeness (QED) is 0.541. The highest BCUT2D eigenvalue weighted by atomic mass is 35.5. The van der Waals surface area contributed by atoms with E-state index in [9.17, 15) is 14.4 Å². The van der Waals surface area contributed by atoms with Crippen LogP contribution >= 0.6 is 23.2 Å². The van der Waals surface area contributed by atoms with Crippen molar-refractivity contribution in [2.75, 3.05) is 5.32 Å². The van der Waals surface area contributed by atoms with E-state index in [1.807, 2.05) is 0 Å². The summed E-state index contributed by atoms with van der Waals surface area (Å²) >= 11 is 11.8. The highest BCUT2D eigenvalue weighted by molar-refractivity contribution is 6.34. The van der Waals surface area contributed by atoms with Gasteiger partial charge in [-0.3, -0.25) is 25.2 Å². The van der Waals surface area contributed by atoms with E-state index in [2.05, 4.69) is 16.2 Å². The molecule has 0 saturated carbocycles. The first kappa shape index (κ1) is 20.4. The van der Waals surface area contributed by atoms with E-state index in [-0.39, 0.29) is 5.56 Å². The molecular weight excluding hydrogens is 413 g/mol. The Bertz CT molecular complexity index is 1070. The largest absolute Gasteiger partial charge is 0.322 e. The minimum Gasteiger partial charge on any atom is -0.322 e. The van der Waals surface area contributed by atoms with Crippen LogP contribution in [-0.4, -0.2) is 17.7 Å². The van der Waals surface area contributed by atoms with Gasteiger partial charge < -0.3 is 5.32 Å². The third-order valence-electron chi connectivity index (χ3n) is 3.90. The van der Waals surface area contributed by atoms with E-state index in [0.717, 1.165) is 0 Å². The molecule has 0 unspecified atom stereocenters. The van der Waals surface area contributed by atoms with E-state index in [0.29, 0.717) is 26.9 Å². The van der Waals surface area contributed by atoms with E-state index >= 15 is 0 Å². The average molecular weight is 428 g/mol. The highest BCUT2D eigenvalue weighted by Crippen LogP contribution is 2.18. The summed E-state index contributed by atoms with van der Waals surface area (Å²) < 4.78 is 0. The number of halogens is 2. The van der Waals surface area contributed by atoms with Crippen molar-refractivity contribution < 1.29 is 14.4 Å². The molecule has 0 aromatic heterocycles. The van der Waals surface area contributed by atoms with Gasteiger partial charge in [0.2, 0.25) is 0 Å². The summed E-state index contributed by atoms with van der Waals surface area (Å²) in [5, 5.41) is 3.51. The second kappa shape index (κ2) is 9.23. The molecule has 146 valence electrons. The van der Waals surface area contributed by atoms with Crippen LogP contribution in [0.25, 0.3) is 0 Å². The van der Waals surface area contributed by atoms with Crippen LogP contribution in [0.2, 0.25) is 10.0 Å². The normalized spacial score (nSPS) is 10.1. The molecule has 0 saturated heterocycles. The van der Waals surface area contributed by atoms with Crippen molar-refractivity contribution in [2.45, 2.75) is 0 Å². The Labute approximate surface area is 176 Å². The number of benzene rings is 3. The molecule has 0 spiro atoms. The van der Waals surface area contributed by atoms with Gasteiger partial charge in [0, 0.05) is 21.8 Å². The first-order valence-corrected chi connectivity index (χ1v) is 9.22. The molecule has 0 fully saturated rings. The SMILES string of the molecule is O=C(NNC(=O)c1cccc(NC(=O)c2ccccc2Cl)c1)c1ccc(Cl)cc1. The van der Waals surface area contributed by atoms with Gasteiger partial charge >= 0.3 is 0 Å². The molecule has 3 N–H and O–H groups in total. The van der Waals surface area contributed by atoms with Gasteiger partial charge in [0.05, 0.1) is 10.6 Å². The van der Waals surface area contributed by atoms with Crippen LogP contribution in [0.15, 0.2) is 72.8 Å². The fourth-order valence-electron chi connectivity index (χ4n) is 2.44. The van der Waals surface area contributed by atoms with Crippen LogP contribution in [0.5, 0.6) is 0 Å². The second-order valence-electron chi connectivity index (χ2n) is 5.93. The predicted octanol–water partition coefficient (Wildman–Crippen LogP) is 4.32. The minimum atomic E-state index is -0.541. The summed E-state index contributed by atoms with van der Waals surface area (Å²) in [6, 6.07) is 19.1. The van der Waals surface area contributed by atoms with Gasteiger partial charge in [0.15, 0.2) is 0 Å². The summed E-state index contributed by atoms with van der Waals surface area (Å²) in [4.78, 5) is 36.7. The van der Waals surface area contributed by atoms with Gasteiger partial charge in [-0.2, -0.15) is 0 Å². The van der Waals surface area contributed by atoms with Crippen molar-refractivity contribution in [1.29, 1.82) is 0 Å². The molecule has 0 bridgehead atoms.